The van der Waals surface area contributed by atoms with Crippen molar-refractivity contribution in [3.63, 3.8) is 0 Å². The number of aromatic nitrogens is 1. The Morgan fingerprint density at radius 2 is 2.15 bits per heavy atom. The molecular weight excluding hydrogens is 403 g/mol. The summed E-state index contributed by atoms with van der Waals surface area (Å²) in [5, 5.41) is 8.67. The number of hydrogen-bond donors (Lipinski definition) is 2. The van der Waals surface area contributed by atoms with E-state index in [1.807, 2.05) is 30.4 Å². The number of aliphatic imine (C=N–C) groups is 1. The quantitative estimate of drug-likeness (QED) is 0.219. The predicted molar refractivity (Wildman–Crippen MR) is 102 cm³/mol. The van der Waals surface area contributed by atoms with Gasteiger partial charge in [-0.15, -0.1) is 35.3 Å². The third kappa shape index (κ3) is 9.82. The van der Waals surface area contributed by atoms with E-state index in [0.717, 1.165) is 41.5 Å². The van der Waals surface area contributed by atoms with Gasteiger partial charge in [-0.2, -0.15) is 0 Å². The number of hydrogen-bond acceptors (Lipinski definition) is 4. The Bertz CT molecular complexity index is 355. The Kier molecular flexibility index (Phi) is 12.7. The van der Waals surface area contributed by atoms with Gasteiger partial charge in [-0.3, -0.25) is 4.99 Å². The van der Waals surface area contributed by atoms with E-state index in [9.17, 15) is 0 Å². The van der Waals surface area contributed by atoms with Crippen molar-refractivity contribution in [2.75, 3.05) is 25.9 Å². The van der Waals surface area contributed by atoms with E-state index in [-0.39, 0.29) is 24.0 Å². The Balaban J connectivity index is 0.00000361. The van der Waals surface area contributed by atoms with Crippen LogP contribution in [0.2, 0.25) is 0 Å². The average molecular weight is 428 g/mol. The summed E-state index contributed by atoms with van der Waals surface area (Å²) in [7, 11) is 1.81. The van der Waals surface area contributed by atoms with Crippen LogP contribution < -0.4 is 10.6 Å². The van der Waals surface area contributed by atoms with Gasteiger partial charge in [0.2, 0.25) is 0 Å². The minimum atomic E-state index is 0. The van der Waals surface area contributed by atoms with Gasteiger partial charge in [0.15, 0.2) is 5.96 Å². The molecule has 0 spiro atoms. The van der Waals surface area contributed by atoms with Crippen molar-refractivity contribution < 1.29 is 0 Å². The number of thiazole rings is 1. The van der Waals surface area contributed by atoms with Crippen molar-refractivity contribution in [1.82, 2.24) is 15.6 Å². The second-order valence-corrected chi connectivity index (χ2v) is 6.84. The topological polar surface area (TPSA) is 49.3 Å². The van der Waals surface area contributed by atoms with Crippen molar-refractivity contribution in [2.24, 2.45) is 10.9 Å². The Morgan fingerprint density at radius 1 is 1.40 bits per heavy atom. The molecule has 0 unspecified atom stereocenters. The molecule has 0 aliphatic carbocycles. The fraction of sp³-hybridized carbons (Fsp3) is 0.692. The van der Waals surface area contributed by atoms with E-state index >= 15 is 0 Å². The largest absolute Gasteiger partial charge is 0.356 e. The minimum absolute atomic E-state index is 0. The standard InChI is InChI=1S/C13H24N4S2.HI/c1-11(2)5-7-16-12(14-3)15-6-4-9-18-13-17-8-10-19-13;/h8,10-11H,4-7,9H2,1-3H3,(H2,14,15,16);1H. The molecular formula is C13H25IN4S2. The minimum Gasteiger partial charge on any atom is -0.356 e. The molecule has 116 valence electrons. The summed E-state index contributed by atoms with van der Waals surface area (Å²) in [6, 6.07) is 0. The van der Waals surface area contributed by atoms with Crippen LogP contribution in [0.5, 0.6) is 0 Å². The molecule has 0 radical (unpaired) electrons. The third-order valence-corrected chi connectivity index (χ3v) is 4.54. The molecule has 0 atom stereocenters. The summed E-state index contributed by atoms with van der Waals surface area (Å²) in [5.41, 5.74) is 0. The zero-order chi connectivity index (χ0) is 13.9. The maximum Gasteiger partial charge on any atom is 0.190 e. The molecule has 1 aromatic rings. The number of halogens is 1. The molecule has 0 bridgehead atoms. The van der Waals surface area contributed by atoms with Crippen molar-refractivity contribution in [3.8, 4) is 0 Å². The predicted octanol–water partition coefficient (Wildman–Crippen LogP) is 3.45. The second-order valence-electron chi connectivity index (χ2n) is 4.61. The highest BCUT2D eigenvalue weighted by Crippen LogP contribution is 2.20. The highest BCUT2D eigenvalue weighted by molar-refractivity contribution is 14.0. The van der Waals surface area contributed by atoms with Gasteiger partial charge in [-0.1, -0.05) is 25.6 Å². The zero-order valence-electron chi connectivity index (χ0n) is 12.4. The van der Waals surface area contributed by atoms with E-state index in [4.69, 9.17) is 0 Å². The highest BCUT2D eigenvalue weighted by Gasteiger charge is 1.99. The Hall–Kier alpha value is -0.0200. The van der Waals surface area contributed by atoms with Crippen LogP contribution >= 0.6 is 47.1 Å². The van der Waals surface area contributed by atoms with Crippen molar-refractivity contribution in [2.45, 2.75) is 31.0 Å². The number of guanidine groups is 1. The molecule has 0 aliphatic heterocycles. The van der Waals surface area contributed by atoms with Gasteiger partial charge in [-0.25, -0.2) is 4.98 Å². The number of thioether (sulfide) groups is 1. The molecule has 1 heterocycles. The molecule has 0 saturated heterocycles. The maximum absolute atomic E-state index is 4.25. The molecule has 0 fully saturated rings. The highest BCUT2D eigenvalue weighted by atomic mass is 127. The normalized spacial score (nSPS) is 11.3. The van der Waals surface area contributed by atoms with E-state index in [1.54, 1.807) is 11.3 Å². The molecule has 0 saturated carbocycles. The zero-order valence-corrected chi connectivity index (χ0v) is 16.4. The van der Waals surface area contributed by atoms with Gasteiger partial charge in [0, 0.05) is 37.5 Å². The van der Waals surface area contributed by atoms with Crippen LogP contribution in [0.3, 0.4) is 0 Å². The van der Waals surface area contributed by atoms with E-state index < -0.39 is 0 Å². The molecule has 4 nitrogen and oxygen atoms in total. The monoisotopic (exact) mass is 428 g/mol. The number of rotatable bonds is 8. The van der Waals surface area contributed by atoms with Gasteiger partial charge < -0.3 is 10.6 Å². The van der Waals surface area contributed by atoms with Crippen LogP contribution in [0.1, 0.15) is 26.7 Å². The number of nitrogens with one attached hydrogen (secondary N) is 2. The average Bonchev–Trinajstić information content (AvgIpc) is 2.89. The smallest absolute Gasteiger partial charge is 0.190 e. The fourth-order valence-electron chi connectivity index (χ4n) is 1.42. The molecule has 1 rings (SSSR count). The van der Waals surface area contributed by atoms with Crippen LogP contribution in [0.4, 0.5) is 0 Å². The Labute approximate surface area is 147 Å². The molecule has 0 aromatic carbocycles. The van der Waals surface area contributed by atoms with Crippen LogP contribution in [-0.2, 0) is 0 Å². The first-order valence-corrected chi connectivity index (χ1v) is 8.55. The lowest BCUT2D eigenvalue weighted by atomic mass is 10.1. The van der Waals surface area contributed by atoms with Crippen LogP contribution in [0, 0.1) is 5.92 Å². The molecule has 1 aromatic heterocycles. The first-order chi connectivity index (χ1) is 9.22. The number of nitrogens with zero attached hydrogens (tertiary/aromatic N) is 2. The molecule has 0 amide bonds. The van der Waals surface area contributed by atoms with Crippen molar-refractivity contribution >= 4 is 53.0 Å². The van der Waals surface area contributed by atoms with Gasteiger partial charge in [0.05, 0.1) is 0 Å². The van der Waals surface area contributed by atoms with Gasteiger partial charge in [0.1, 0.15) is 4.34 Å². The van der Waals surface area contributed by atoms with E-state index in [1.165, 1.54) is 6.42 Å². The molecule has 7 heteroatoms. The summed E-state index contributed by atoms with van der Waals surface area (Å²) in [6.07, 6.45) is 4.13. The van der Waals surface area contributed by atoms with Gasteiger partial charge >= 0.3 is 0 Å². The van der Waals surface area contributed by atoms with Crippen molar-refractivity contribution in [3.05, 3.63) is 11.6 Å². The lowest BCUT2D eigenvalue weighted by molar-refractivity contribution is 0.573. The van der Waals surface area contributed by atoms with Crippen LogP contribution in [0.25, 0.3) is 0 Å². The van der Waals surface area contributed by atoms with E-state index in [0.29, 0.717) is 0 Å². The fourth-order valence-corrected chi connectivity index (χ4v) is 3.07. The third-order valence-electron chi connectivity index (χ3n) is 2.49. The molecule has 0 aliphatic rings. The summed E-state index contributed by atoms with van der Waals surface area (Å²) in [6.45, 7) is 6.38. The lowest BCUT2D eigenvalue weighted by Crippen LogP contribution is -2.38. The summed E-state index contributed by atoms with van der Waals surface area (Å²) < 4.78 is 1.15. The van der Waals surface area contributed by atoms with Crippen LogP contribution in [0.15, 0.2) is 20.9 Å². The Morgan fingerprint density at radius 3 is 2.75 bits per heavy atom. The second kappa shape index (κ2) is 12.7. The van der Waals surface area contributed by atoms with Gasteiger partial charge in [-0.05, 0) is 18.8 Å². The molecule has 2 N–H and O–H groups in total. The summed E-state index contributed by atoms with van der Waals surface area (Å²) in [5.74, 6) is 2.71. The first-order valence-electron chi connectivity index (χ1n) is 6.69. The van der Waals surface area contributed by atoms with Gasteiger partial charge in [0.25, 0.3) is 0 Å². The SMILES string of the molecule is CN=C(NCCCSc1nccs1)NCCC(C)C.I. The maximum atomic E-state index is 4.25. The summed E-state index contributed by atoms with van der Waals surface area (Å²) >= 11 is 3.52. The lowest BCUT2D eigenvalue weighted by Gasteiger charge is -2.12. The van der Waals surface area contributed by atoms with Crippen LogP contribution in [-0.4, -0.2) is 36.8 Å². The van der Waals surface area contributed by atoms with E-state index in [2.05, 4.69) is 34.5 Å². The van der Waals surface area contributed by atoms with Crippen molar-refractivity contribution in [1.29, 1.82) is 0 Å². The first kappa shape index (κ1) is 20.0. The summed E-state index contributed by atoms with van der Waals surface area (Å²) in [4.78, 5) is 8.46. The molecule has 20 heavy (non-hydrogen) atoms.